The van der Waals surface area contributed by atoms with Crippen molar-refractivity contribution < 1.29 is 28.3 Å². The summed E-state index contributed by atoms with van der Waals surface area (Å²) in [5.74, 6) is -0.621. The average Bonchev–Trinajstić information content (AvgIpc) is 2.43. The fourth-order valence-corrected chi connectivity index (χ4v) is 3.05. The molecule has 0 aliphatic carbocycles. The van der Waals surface area contributed by atoms with Crippen molar-refractivity contribution in [1.29, 1.82) is 0 Å². The number of nitrogens with zero attached hydrogens (tertiary/aromatic N) is 2. The van der Waals surface area contributed by atoms with Gasteiger partial charge in [0.1, 0.15) is 0 Å². The molecule has 0 amide bonds. The molecular formula is C11H16N2O7S. The molecule has 10 heteroatoms. The van der Waals surface area contributed by atoms with Gasteiger partial charge in [-0.25, -0.2) is 8.42 Å². The van der Waals surface area contributed by atoms with E-state index in [-0.39, 0.29) is 24.6 Å². The molecule has 2 N–H and O–H groups in total. The SMILES string of the molecule is COCCN(CCO)S(=O)(=O)c1ccc(O)c([N+](=O)[O-])c1. The van der Waals surface area contributed by atoms with E-state index in [1.165, 1.54) is 7.11 Å². The predicted octanol–water partition coefficient (Wildman–Crippen LogP) is -0.0702. The van der Waals surface area contributed by atoms with E-state index < -0.39 is 33.0 Å². The van der Waals surface area contributed by atoms with E-state index >= 15 is 0 Å². The Labute approximate surface area is 121 Å². The Hall–Kier alpha value is -1.75. The lowest BCUT2D eigenvalue weighted by Crippen LogP contribution is -2.36. The summed E-state index contributed by atoms with van der Waals surface area (Å²) in [4.78, 5) is 9.53. The number of methoxy groups -OCH3 is 1. The van der Waals surface area contributed by atoms with Crippen LogP contribution in [0.2, 0.25) is 0 Å². The molecule has 1 rings (SSSR count). The highest BCUT2D eigenvalue weighted by Gasteiger charge is 2.27. The standard InChI is InChI=1S/C11H16N2O7S/c1-20-7-5-12(4-6-14)21(18,19)9-2-3-11(15)10(8-9)13(16)17/h2-3,8,14-15H,4-7H2,1H3. The predicted molar refractivity (Wildman–Crippen MR) is 72.5 cm³/mol. The van der Waals surface area contributed by atoms with Crippen LogP contribution in [0.3, 0.4) is 0 Å². The second kappa shape index (κ2) is 7.31. The molecule has 0 saturated heterocycles. The molecule has 0 saturated carbocycles. The van der Waals surface area contributed by atoms with Crippen molar-refractivity contribution in [3.05, 3.63) is 28.3 Å². The van der Waals surface area contributed by atoms with Crippen LogP contribution in [0.5, 0.6) is 5.75 Å². The topological polar surface area (TPSA) is 130 Å². The summed E-state index contributed by atoms with van der Waals surface area (Å²) in [5, 5.41) is 29.0. The molecule has 0 atom stereocenters. The molecule has 21 heavy (non-hydrogen) atoms. The molecule has 0 fully saturated rings. The summed E-state index contributed by atoms with van der Waals surface area (Å²) in [5.41, 5.74) is -0.702. The third-order valence-corrected chi connectivity index (χ3v) is 4.57. The highest BCUT2D eigenvalue weighted by Crippen LogP contribution is 2.29. The first kappa shape index (κ1) is 17.3. The van der Waals surface area contributed by atoms with Crippen LogP contribution in [-0.2, 0) is 14.8 Å². The number of benzene rings is 1. The molecular weight excluding hydrogens is 304 g/mol. The number of ether oxygens (including phenoxy) is 1. The third-order valence-electron chi connectivity index (χ3n) is 2.68. The zero-order chi connectivity index (χ0) is 16.0. The fraction of sp³-hybridized carbons (Fsp3) is 0.455. The number of nitro groups is 1. The lowest BCUT2D eigenvalue weighted by atomic mass is 10.3. The van der Waals surface area contributed by atoms with Crippen LogP contribution in [0.4, 0.5) is 5.69 Å². The number of aromatic hydroxyl groups is 1. The molecule has 1 aromatic carbocycles. The van der Waals surface area contributed by atoms with Gasteiger partial charge in [-0.15, -0.1) is 0 Å². The van der Waals surface area contributed by atoms with Gasteiger partial charge >= 0.3 is 5.69 Å². The van der Waals surface area contributed by atoms with Crippen molar-refractivity contribution in [3.63, 3.8) is 0 Å². The van der Waals surface area contributed by atoms with E-state index in [4.69, 9.17) is 9.84 Å². The number of phenolic OH excluding ortho intramolecular Hbond substituents is 1. The van der Waals surface area contributed by atoms with Gasteiger partial charge < -0.3 is 14.9 Å². The van der Waals surface area contributed by atoms with Crippen LogP contribution in [0.15, 0.2) is 23.1 Å². The maximum absolute atomic E-state index is 12.4. The van der Waals surface area contributed by atoms with E-state index in [2.05, 4.69) is 0 Å². The maximum atomic E-state index is 12.4. The lowest BCUT2D eigenvalue weighted by Gasteiger charge is -2.20. The molecule has 0 radical (unpaired) electrons. The summed E-state index contributed by atoms with van der Waals surface area (Å²) >= 11 is 0. The molecule has 0 bridgehead atoms. The highest BCUT2D eigenvalue weighted by atomic mass is 32.2. The summed E-state index contributed by atoms with van der Waals surface area (Å²) in [6, 6.07) is 2.79. The minimum absolute atomic E-state index is 0.00589. The van der Waals surface area contributed by atoms with E-state index in [1.54, 1.807) is 0 Å². The number of nitro benzene ring substituents is 1. The van der Waals surface area contributed by atoms with Crippen LogP contribution in [0.25, 0.3) is 0 Å². The second-order valence-electron chi connectivity index (χ2n) is 4.03. The smallest absolute Gasteiger partial charge is 0.312 e. The Balaban J connectivity index is 3.21. The molecule has 0 heterocycles. The normalized spacial score (nSPS) is 11.8. The Kier molecular flexibility index (Phi) is 6.03. The van der Waals surface area contributed by atoms with E-state index in [0.29, 0.717) is 0 Å². The first-order chi connectivity index (χ1) is 9.84. The largest absolute Gasteiger partial charge is 0.502 e. The Morgan fingerprint density at radius 3 is 2.57 bits per heavy atom. The molecule has 0 unspecified atom stereocenters. The van der Waals surface area contributed by atoms with Crippen LogP contribution in [0.1, 0.15) is 0 Å². The molecule has 0 aliphatic rings. The van der Waals surface area contributed by atoms with Gasteiger partial charge in [0.2, 0.25) is 10.0 Å². The number of phenols is 1. The minimum Gasteiger partial charge on any atom is -0.502 e. The van der Waals surface area contributed by atoms with Crippen LogP contribution in [-0.4, -0.2) is 61.3 Å². The summed E-state index contributed by atoms with van der Waals surface area (Å²) in [6.45, 7) is -0.461. The monoisotopic (exact) mass is 320 g/mol. The molecule has 118 valence electrons. The van der Waals surface area contributed by atoms with Crippen molar-refractivity contribution in [3.8, 4) is 5.75 Å². The van der Waals surface area contributed by atoms with Crippen LogP contribution < -0.4 is 0 Å². The fourth-order valence-electron chi connectivity index (χ4n) is 1.62. The van der Waals surface area contributed by atoms with E-state index in [1.807, 2.05) is 0 Å². The van der Waals surface area contributed by atoms with Gasteiger partial charge in [0, 0.05) is 26.3 Å². The van der Waals surface area contributed by atoms with Gasteiger partial charge in [-0.1, -0.05) is 0 Å². The molecule has 1 aromatic rings. The molecule has 9 nitrogen and oxygen atoms in total. The van der Waals surface area contributed by atoms with E-state index in [9.17, 15) is 23.6 Å². The zero-order valence-corrected chi connectivity index (χ0v) is 12.1. The number of hydrogen-bond acceptors (Lipinski definition) is 7. The van der Waals surface area contributed by atoms with Gasteiger partial charge in [0.15, 0.2) is 5.75 Å². The average molecular weight is 320 g/mol. The highest BCUT2D eigenvalue weighted by molar-refractivity contribution is 7.89. The first-order valence-electron chi connectivity index (χ1n) is 5.92. The zero-order valence-electron chi connectivity index (χ0n) is 11.3. The van der Waals surface area contributed by atoms with Crippen molar-refractivity contribution in [2.24, 2.45) is 0 Å². The van der Waals surface area contributed by atoms with Gasteiger partial charge in [-0.05, 0) is 12.1 Å². The number of sulfonamides is 1. The van der Waals surface area contributed by atoms with Gasteiger partial charge in [-0.3, -0.25) is 10.1 Å². The number of rotatable bonds is 8. The van der Waals surface area contributed by atoms with E-state index in [0.717, 1.165) is 22.5 Å². The quantitative estimate of drug-likeness (QED) is 0.506. The Morgan fingerprint density at radius 1 is 1.38 bits per heavy atom. The van der Waals surface area contributed by atoms with Crippen LogP contribution >= 0.6 is 0 Å². The minimum atomic E-state index is -4.03. The molecule has 0 spiro atoms. The third kappa shape index (κ3) is 4.11. The molecule has 0 aliphatic heterocycles. The first-order valence-corrected chi connectivity index (χ1v) is 7.36. The summed E-state index contributed by atoms with van der Waals surface area (Å²) < 4.78 is 30.5. The Bertz CT molecular complexity index is 603. The van der Waals surface area contributed by atoms with Gasteiger partial charge in [0.25, 0.3) is 0 Å². The second-order valence-corrected chi connectivity index (χ2v) is 5.97. The van der Waals surface area contributed by atoms with Crippen molar-refractivity contribution in [2.75, 3.05) is 33.4 Å². The summed E-state index contributed by atoms with van der Waals surface area (Å²) in [7, 11) is -2.63. The number of aliphatic hydroxyl groups excluding tert-OH is 1. The lowest BCUT2D eigenvalue weighted by molar-refractivity contribution is -0.386. The summed E-state index contributed by atoms with van der Waals surface area (Å²) in [6.07, 6.45) is 0. The Morgan fingerprint density at radius 2 is 2.05 bits per heavy atom. The maximum Gasteiger partial charge on any atom is 0.312 e. The van der Waals surface area contributed by atoms with Gasteiger partial charge in [-0.2, -0.15) is 4.31 Å². The van der Waals surface area contributed by atoms with Gasteiger partial charge in [0.05, 0.1) is 23.0 Å². The van der Waals surface area contributed by atoms with Crippen molar-refractivity contribution in [1.82, 2.24) is 4.31 Å². The van der Waals surface area contributed by atoms with Crippen molar-refractivity contribution in [2.45, 2.75) is 4.90 Å². The van der Waals surface area contributed by atoms with Crippen molar-refractivity contribution >= 4 is 15.7 Å². The molecule has 0 aromatic heterocycles. The number of hydrogen-bond donors (Lipinski definition) is 2. The van der Waals surface area contributed by atoms with Crippen LogP contribution in [0, 0.1) is 10.1 Å². The number of aliphatic hydroxyl groups is 1.